The SMILES string of the molecule is CC(=Nc1ccc(Cl)cc1C)c1ccccn1.[Fe]. The van der Waals surface area contributed by atoms with Gasteiger partial charge >= 0.3 is 0 Å². The molecule has 2 rings (SSSR count). The summed E-state index contributed by atoms with van der Waals surface area (Å²) >= 11 is 5.91. The molecule has 0 spiro atoms. The summed E-state index contributed by atoms with van der Waals surface area (Å²) in [5.41, 5.74) is 3.78. The van der Waals surface area contributed by atoms with Gasteiger partial charge in [0.05, 0.1) is 17.1 Å². The average molecular weight is 301 g/mol. The van der Waals surface area contributed by atoms with Gasteiger partial charge in [-0.3, -0.25) is 9.98 Å². The molecule has 0 atom stereocenters. The van der Waals surface area contributed by atoms with E-state index in [9.17, 15) is 0 Å². The molecule has 0 fully saturated rings. The second kappa shape index (κ2) is 6.69. The van der Waals surface area contributed by atoms with E-state index >= 15 is 0 Å². The van der Waals surface area contributed by atoms with Crippen LogP contribution in [-0.4, -0.2) is 10.7 Å². The third kappa shape index (κ3) is 3.67. The Bertz CT molecular complexity index is 553. The third-order valence-electron chi connectivity index (χ3n) is 2.48. The van der Waals surface area contributed by atoms with Gasteiger partial charge < -0.3 is 0 Å². The van der Waals surface area contributed by atoms with E-state index in [2.05, 4.69) is 9.98 Å². The van der Waals surface area contributed by atoms with Crippen LogP contribution in [0.2, 0.25) is 5.02 Å². The molecule has 1 aromatic carbocycles. The number of hydrogen-bond acceptors (Lipinski definition) is 2. The van der Waals surface area contributed by atoms with Crippen LogP contribution in [0.1, 0.15) is 18.2 Å². The summed E-state index contributed by atoms with van der Waals surface area (Å²) in [5, 5.41) is 0.733. The smallest absolute Gasteiger partial charge is 0.0841 e. The summed E-state index contributed by atoms with van der Waals surface area (Å²) in [7, 11) is 0. The predicted molar refractivity (Wildman–Crippen MR) is 72.3 cm³/mol. The molecule has 0 aliphatic heterocycles. The molecule has 0 N–H and O–H groups in total. The van der Waals surface area contributed by atoms with Gasteiger partial charge in [0.25, 0.3) is 0 Å². The molecule has 0 saturated carbocycles. The van der Waals surface area contributed by atoms with Crippen LogP contribution >= 0.6 is 11.6 Å². The predicted octanol–water partition coefficient (Wildman–Crippen LogP) is 4.18. The van der Waals surface area contributed by atoms with E-state index in [0.717, 1.165) is 27.7 Å². The minimum absolute atomic E-state index is 0. The van der Waals surface area contributed by atoms with Crippen LogP contribution in [0.15, 0.2) is 47.6 Å². The Hall–Kier alpha value is -1.15. The molecule has 0 aliphatic carbocycles. The van der Waals surface area contributed by atoms with Crippen molar-refractivity contribution < 1.29 is 17.1 Å². The Morgan fingerprint density at radius 3 is 2.61 bits per heavy atom. The third-order valence-corrected chi connectivity index (χ3v) is 2.72. The van der Waals surface area contributed by atoms with Gasteiger partial charge in [-0.1, -0.05) is 17.7 Å². The minimum Gasteiger partial charge on any atom is -0.255 e. The quantitative estimate of drug-likeness (QED) is 0.603. The molecule has 0 bridgehead atoms. The largest absolute Gasteiger partial charge is 0.255 e. The van der Waals surface area contributed by atoms with E-state index in [0.29, 0.717) is 0 Å². The van der Waals surface area contributed by atoms with E-state index in [1.807, 2.05) is 50.2 Å². The zero-order chi connectivity index (χ0) is 12.3. The number of hydrogen-bond donors (Lipinski definition) is 0. The average Bonchev–Trinajstić information content (AvgIpc) is 2.34. The number of aliphatic imine (C=N–C) groups is 1. The van der Waals surface area contributed by atoms with Gasteiger partial charge in [-0.05, 0) is 49.7 Å². The maximum Gasteiger partial charge on any atom is 0.0841 e. The van der Waals surface area contributed by atoms with Crippen molar-refractivity contribution in [2.75, 3.05) is 0 Å². The van der Waals surface area contributed by atoms with Gasteiger partial charge in [-0.15, -0.1) is 0 Å². The van der Waals surface area contributed by atoms with Gasteiger partial charge in [0.1, 0.15) is 0 Å². The first-order valence-corrected chi connectivity index (χ1v) is 5.77. The summed E-state index contributed by atoms with van der Waals surface area (Å²) in [6.45, 7) is 3.95. The monoisotopic (exact) mass is 300 g/mol. The number of benzene rings is 1. The van der Waals surface area contributed by atoms with Gasteiger partial charge in [0.15, 0.2) is 0 Å². The van der Waals surface area contributed by atoms with E-state index in [1.165, 1.54) is 0 Å². The topological polar surface area (TPSA) is 25.2 Å². The van der Waals surface area contributed by atoms with Crippen molar-refractivity contribution in [1.29, 1.82) is 0 Å². The first kappa shape index (κ1) is 14.9. The van der Waals surface area contributed by atoms with Gasteiger partial charge in [0.2, 0.25) is 0 Å². The maximum absolute atomic E-state index is 5.91. The van der Waals surface area contributed by atoms with E-state index in [-0.39, 0.29) is 17.1 Å². The maximum atomic E-state index is 5.91. The molecule has 18 heavy (non-hydrogen) atoms. The van der Waals surface area contributed by atoms with Crippen molar-refractivity contribution in [3.05, 3.63) is 58.9 Å². The van der Waals surface area contributed by atoms with Crippen LogP contribution in [0.4, 0.5) is 5.69 Å². The number of rotatable bonds is 2. The van der Waals surface area contributed by atoms with Crippen molar-refractivity contribution in [2.24, 2.45) is 4.99 Å². The van der Waals surface area contributed by atoms with Crippen LogP contribution in [0.5, 0.6) is 0 Å². The fourth-order valence-corrected chi connectivity index (χ4v) is 1.79. The molecule has 0 amide bonds. The number of aromatic nitrogens is 1. The molecule has 94 valence electrons. The normalized spacial score (nSPS) is 10.9. The van der Waals surface area contributed by atoms with Crippen molar-refractivity contribution in [3.8, 4) is 0 Å². The van der Waals surface area contributed by atoms with Crippen molar-refractivity contribution in [1.82, 2.24) is 4.98 Å². The first-order valence-electron chi connectivity index (χ1n) is 5.39. The van der Waals surface area contributed by atoms with Gasteiger partial charge in [0, 0.05) is 28.3 Å². The number of nitrogens with zero attached hydrogens (tertiary/aromatic N) is 2. The van der Waals surface area contributed by atoms with E-state index in [1.54, 1.807) is 6.20 Å². The number of halogens is 1. The van der Waals surface area contributed by atoms with Crippen LogP contribution in [0.25, 0.3) is 0 Å². The molecule has 2 nitrogen and oxygen atoms in total. The molecule has 0 radical (unpaired) electrons. The van der Waals surface area contributed by atoms with Crippen LogP contribution in [0.3, 0.4) is 0 Å². The van der Waals surface area contributed by atoms with Gasteiger partial charge in [-0.2, -0.15) is 0 Å². The molecule has 4 heteroatoms. The van der Waals surface area contributed by atoms with Crippen LogP contribution < -0.4 is 0 Å². The first-order chi connectivity index (χ1) is 8.16. The van der Waals surface area contributed by atoms with Gasteiger partial charge in [-0.25, -0.2) is 0 Å². The number of pyridine rings is 1. The Labute approximate surface area is 123 Å². The summed E-state index contributed by atoms with van der Waals surface area (Å²) in [5.74, 6) is 0. The summed E-state index contributed by atoms with van der Waals surface area (Å²) in [6.07, 6.45) is 1.77. The zero-order valence-corrected chi connectivity index (χ0v) is 12.0. The summed E-state index contributed by atoms with van der Waals surface area (Å²) < 4.78 is 0. The van der Waals surface area contributed by atoms with Crippen molar-refractivity contribution in [3.63, 3.8) is 0 Å². The standard InChI is InChI=1S/C14H13ClN2.Fe/c1-10-9-12(15)6-7-13(10)17-11(2)14-5-3-4-8-16-14;/h3-9H,1-2H3;. The van der Waals surface area contributed by atoms with E-state index < -0.39 is 0 Å². The Morgan fingerprint density at radius 2 is 2.00 bits per heavy atom. The van der Waals surface area contributed by atoms with Crippen molar-refractivity contribution in [2.45, 2.75) is 13.8 Å². The molecule has 1 heterocycles. The Balaban J connectivity index is 0.00000162. The van der Waals surface area contributed by atoms with E-state index in [4.69, 9.17) is 11.6 Å². The van der Waals surface area contributed by atoms with Crippen LogP contribution in [0, 0.1) is 6.92 Å². The Morgan fingerprint density at radius 1 is 1.22 bits per heavy atom. The summed E-state index contributed by atoms with van der Waals surface area (Å²) in [4.78, 5) is 8.83. The Kier molecular flexibility index (Phi) is 5.54. The molecule has 0 aliphatic rings. The fraction of sp³-hybridized carbons (Fsp3) is 0.143. The zero-order valence-electron chi connectivity index (χ0n) is 10.2. The van der Waals surface area contributed by atoms with Crippen LogP contribution in [-0.2, 0) is 17.1 Å². The molecule has 2 aromatic rings. The molecule has 0 saturated heterocycles. The van der Waals surface area contributed by atoms with Crippen molar-refractivity contribution >= 4 is 23.0 Å². The molecule has 1 aromatic heterocycles. The molecular weight excluding hydrogens is 287 g/mol. The molecular formula is C14H13ClFeN2. The summed E-state index contributed by atoms with van der Waals surface area (Å²) in [6, 6.07) is 11.5. The second-order valence-electron chi connectivity index (χ2n) is 3.84. The fourth-order valence-electron chi connectivity index (χ4n) is 1.56. The number of aryl methyl sites for hydroxylation is 1. The molecule has 0 unspecified atom stereocenters. The second-order valence-corrected chi connectivity index (χ2v) is 4.28. The minimum atomic E-state index is 0.